The lowest BCUT2D eigenvalue weighted by atomic mass is 10.2. The van der Waals surface area contributed by atoms with Crippen molar-refractivity contribution in [2.75, 3.05) is 26.3 Å². The second-order valence-corrected chi connectivity index (χ2v) is 3.73. The topological polar surface area (TPSA) is 36.3 Å². The number of hydrogen-bond donors (Lipinski definition) is 1. The standard InChI is InChI=1S/C13H16N2O/c14-13(15-8-10-16-11-9-15)7-6-12-4-2-1-3-5-12/h1-7,14H,8-11H2/b7-6+,14-13?. The Balaban J connectivity index is 1.93. The molecule has 1 N–H and O–H groups in total. The van der Waals surface area contributed by atoms with Gasteiger partial charge in [-0.2, -0.15) is 0 Å². The molecular formula is C13H16N2O. The van der Waals surface area contributed by atoms with Crippen LogP contribution in [0.4, 0.5) is 0 Å². The Kier molecular flexibility index (Phi) is 3.72. The zero-order valence-electron chi connectivity index (χ0n) is 9.23. The van der Waals surface area contributed by atoms with Gasteiger partial charge in [0.15, 0.2) is 0 Å². The Morgan fingerprint density at radius 2 is 1.88 bits per heavy atom. The molecule has 0 atom stereocenters. The summed E-state index contributed by atoms with van der Waals surface area (Å²) in [5.74, 6) is 0.562. The molecule has 0 unspecified atom stereocenters. The maximum atomic E-state index is 7.92. The van der Waals surface area contributed by atoms with Gasteiger partial charge in [0.1, 0.15) is 5.84 Å². The van der Waals surface area contributed by atoms with Crippen molar-refractivity contribution in [3.8, 4) is 0 Å². The maximum Gasteiger partial charge on any atom is 0.120 e. The van der Waals surface area contributed by atoms with Crippen LogP contribution in [0.3, 0.4) is 0 Å². The highest BCUT2D eigenvalue weighted by atomic mass is 16.5. The van der Waals surface area contributed by atoms with Crippen LogP contribution in [0.2, 0.25) is 0 Å². The Morgan fingerprint density at radius 1 is 1.19 bits per heavy atom. The van der Waals surface area contributed by atoms with E-state index in [1.54, 1.807) is 0 Å². The van der Waals surface area contributed by atoms with Crippen LogP contribution >= 0.6 is 0 Å². The molecule has 0 aliphatic carbocycles. The van der Waals surface area contributed by atoms with Crippen molar-refractivity contribution >= 4 is 11.9 Å². The number of nitrogens with zero attached hydrogens (tertiary/aromatic N) is 1. The molecule has 3 nitrogen and oxygen atoms in total. The van der Waals surface area contributed by atoms with E-state index in [1.807, 2.05) is 47.4 Å². The third-order valence-corrected chi connectivity index (χ3v) is 2.58. The second-order valence-electron chi connectivity index (χ2n) is 3.73. The molecule has 1 aliphatic rings. The fourth-order valence-electron chi connectivity index (χ4n) is 1.65. The molecule has 1 aromatic rings. The van der Waals surface area contributed by atoms with E-state index < -0.39 is 0 Å². The first-order valence-corrected chi connectivity index (χ1v) is 5.50. The summed E-state index contributed by atoms with van der Waals surface area (Å²) in [4.78, 5) is 2.03. The van der Waals surface area contributed by atoms with Gasteiger partial charge < -0.3 is 9.64 Å². The second kappa shape index (κ2) is 5.47. The van der Waals surface area contributed by atoms with Crippen LogP contribution in [0.25, 0.3) is 6.08 Å². The summed E-state index contributed by atoms with van der Waals surface area (Å²) in [6.45, 7) is 3.08. The maximum absolute atomic E-state index is 7.92. The predicted octanol–water partition coefficient (Wildman–Crippen LogP) is 2.01. The Bertz CT molecular complexity index is 367. The number of amidine groups is 1. The molecule has 1 aliphatic heterocycles. The quantitative estimate of drug-likeness (QED) is 0.606. The molecule has 1 saturated heterocycles. The van der Waals surface area contributed by atoms with E-state index in [4.69, 9.17) is 10.1 Å². The van der Waals surface area contributed by atoms with Gasteiger partial charge in [0.05, 0.1) is 13.2 Å². The van der Waals surface area contributed by atoms with Crippen LogP contribution in [0.15, 0.2) is 36.4 Å². The van der Waals surface area contributed by atoms with Crippen molar-refractivity contribution in [2.24, 2.45) is 0 Å². The molecular weight excluding hydrogens is 200 g/mol. The summed E-state index contributed by atoms with van der Waals surface area (Å²) in [6.07, 6.45) is 3.82. The fourth-order valence-corrected chi connectivity index (χ4v) is 1.65. The molecule has 3 heteroatoms. The lowest BCUT2D eigenvalue weighted by Gasteiger charge is -2.27. The molecule has 0 radical (unpaired) electrons. The number of hydrogen-bond acceptors (Lipinski definition) is 2. The lowest BCUT2D eigenvalue weighted by molar-refractivity contribution is 0.0681. The first-order chi connectivity index (χ1) is 7.86. The summed E-state index contributed by atoms with van der Waals surface area (Å²) >= 11 is 0. The summed E-state index contributed by atoms with van der Waals surface area (Å²) < 4.78 is 5.25. The van der Waals surface area contributed by atoms with E-state index in [-0.39, 0.29) is 0 Å². The summed E-state index contributed by atoms with van der Waals surface area (Å²) in [5, 5.41) is 7.92. The van der Waals surface area contributed by atoms with E-state index in [9.17, 15) is 0 Å². The minimum Gasteiger partial charge on any atom is -0.378 e. The minimum atomic E-state index is 0.562. The van der Waals surface area contributed by atoms with Crippen molar-refractivity contribution in [3.05, 3.63) is 42.0 Å². The largest absolute Gasteiger partial charge is 0.378 e. The summed E-state index contributed by atoms with van der Waals surface area (Å²) in [7, 11) is 0. The number of morpholine rings is 1. The normalized spacial score (nSPS) is 16.6. The molecule has 0 bridgehead atoms. The number of ether oxygens (including phenoxy) is 1. The fraction of sp³-hybridized carbons (Fsp3) is 0.308. The van der Waals surface area contributed by atoms with Crippen molar-refractivity contribution in [3.63, 3.8) is 0 Å². The predicted molar refractivity (Wildman–Crippen MR) is 65.6 cm³/mol. The SMILES string of the molecule is N=C(/C=C/c1ccccc1)N1CCOCC1. The average Bonchev–Trinajstić information content (AvgIpc) is 2.38. The Labute approximate surface area is 95.8 Å². The van der Waals surface area contributed by atoms with Crippen LogP contribution in [-0.2, 0) is 4.74 Å². The zero-order chi connectivity index (χ0) is 11.2. The molecule has 1 heterocycles. The van der Waals surface area contributed by atoms with Crippen LogP contribution < -0.4 is 0 Å². The van der Waals surface area contributed by atoms with Gasteiger partial charge in [-0.3, -0.25) is 5.41 Å². The highest BCUT2D eigenvalue weighted by Crippen LogP contribution is 2.03. The molecule has 2 rings (SSSR count). The average molecular weight is 216 g/mol. The highest BCUT2D eigenvalue weighted by Gasteiger charge is 2.10. The molecule has 1 aromatic carbocycles. The third-order valence-electron chi connectivity index (χ3n) is 2.58. The first-order valence-electron chi connectivity index (χ1n) is 5.50. The minimum absolute atomic E-state index is 0.562. The van der Waals surface area contributed by atoms with Gasteiger partial charge in [0.2, 0.25) is 0 Å². The Hall–Kier alpha value is -1.61. The first kappa shape index (κ1) is 10.9. The molecule has 0 saturated carbocycles. The molecule has 0 aromatic heterocycles. The van der Waals surface area contributed by atoms with E-state index in [0.29, 0.717) is 5.84 Å². The summed E-state index contributed by atoms with van der Waals surface area (Å²) in [5.41, 5.74) is 1.13. The van der Waals surface area contributed by atoms with Crippen molar-refractivity contribution in [1.29, 1.82) is 5.41 Å². The number of benzene rings is 1. The number of rotatable bonds is 2. The van der Waals surface area contributed by atoms with E-state index in [0.717, 1.165) is 31.9 Å². The van der Waals surface area contributed by atoms with Gasteiger partial charge in [0, 0.05) is 13.1 Å². The van der Waals surface area contributed by atoms with Crippen LogP contribution in [0.1, 0.15) is 5.56 Å². The zero-order valence-corrected chi connectivity index (χ0v) is 9.23. The molecule has 0 spiro atoms. The highest BCUT2D eigenvalue weighted by molar-refractivity contribution is 5.94. The summed E-state index contributed by atoms with van der Waals surface area (Å²) in [6, 6.07) is 10.0. The van der Waals surface area contributed by atoms with Crippen molar-refractivity contribution < 1.29 is 4.74 Å². The Morgan fingerprint density at radius 3 is 2.56 bits per heavy atom. The molecule has 16 heavy (non-hydrogen) atoms. The van der Waals surface area contributed by atoms with Gasteiger partial charge in [-0.25, -0.2) is 0 Å². The van der Waals surface area contributed by atoms with Crippen molar-refractivity contribution in [2.45, 2.75) is 0 Å². The van der Waals surface area contributed by atoms with E-state index in [1.165, 1.54) is 0 Å². The van der Waals surface area contributed by atoms with Gasteiger partial charge in [-0.15, -0.1) is 0 Å². The monoisotopic (exact) mass is 216 g/mol. The van der Waals surface area contributed by atoms with Crippen LogP contribution in [0.5, 0.6) is 0 Å². The van der Waals surface area contributed by atoms with Crippen LogP contribution in [-0.4, -0.2) is 37.0 Å². The van der Waals surface area contributed by atoms with Gasteiger partial charge >= 0.3 is 0 Å². The van der Waals surface area contributed by atoms with Gasteiger partial charge in [-0.05, 0) is 11.6 Å². The molecule has 1 fully saturated rings. The third kappa shape index (κ3) is 2.94. The molecule has 84 valence electrons. The van der Waals surface area contributed by atoms with Crippen LogP contribution in [0, 0.1) is 5.41 Å². The van der Waals surface area contributed by atoms with E-state index in [2.05, 4.69) is 0 Å². The number of nitrogens with one attached hydrogen (secondary N) is 1. The van der Waals surface area contributed by atoms with Gasteiger partial charge in [0.25, 0.3) is 0 Å². The molecule has 0 amide bonds. The van der Waals surface area contributed by atoms with Gasteiger partial charge in [-0.1, -0.05) is 36.4 Å². The smallest absolute Gasteiger partial charge is 0.120 e. The lowest BCUT2D eigenvalue weighted by Crippen LogP contribution is -2.39. The van der Waals surface area contributed by atoms with E-state index >= 15 is 0 Å². The van der Waals surface area contributed by atoms with Crippen molar-refractivity contribution in [1.82, 2.24) is 4.90 Å².